The van der Waals surface area contributed by atoms with Gasteiger partial charge in [-0.1, -0.05) is 0 Å². The van der Waals surface area contributed by atoms with E-state index in [1.807, 2.05) is 0 Å². The van der Waals surface area contributed by atoms with Crippen molar-refractivity contribution in [1.29, 1.82) is 0 Å². The van der Waals surface area contributed by atoms with Crippen molar-refractivity contribution in [2.75, 3.05) is 13.6 Å². The first kappa shape index (κ1) is 10.9. The predicted octanol–water partition coefficient (Wildman–Crippen LogP) is -0.733. The van der Waals surface area contributed by atoms with Crippen LogP contribution in [0.4, 0.5) is 0 Å². The minimum absolute atomic E-state index is 0.0467. The van der Waals surface area contributed by atoms with Gasteiger partial charge in [0.2, 0.25) is 5.91 Å². The van der Waals surface area contributed by atoms with Gasteiger partial charge in [-0.2, -0.15) is 0 Å². The second-order valence-electron chi connectivity index (χ2n) is 2.69. The summed E-state index contributed by atoms with van der Waals surface area (Å²) in [4.78, 5) is 22.5. The Kier molecular flexibility index (Phi) is 4.28. The van der Waals surface area contributed by atoms with Crippen LogP contribution in [0.25, 0.3) is 0 Å². The Bertz CT molecular complexity index is 179. The van der Waals surface area contributed by atoms with Gasteiger partial charge in [0.05, 0.1) is 12.5 Å². The maximum atomic E-state index is 11.1. The summed E-state index contributed by atoms with van der Waals surface area (Å²) in [5.74, 6) is -1.16. The topological polar surface area (TPSA) is 83.6 Å². The molecule has 0 fully saturated rings. The molecule has 0 rings (SSSR count). The second-order valence-corrected chi connectivity index (χ2v) is 2.69. The zero-order chi connectivity index (χ0) is 9.72. The fraction of sp³-hybridized carbons (Fsp3) is 0.714. The molecule has 0 bridgehead atoms. The second kappa shape index (κ2) is 4.71. The molecule has 5 nitrogen and oxygen atoms in total. The van der Waals surface area contributed by atoms with Crippen molar-refractivity contribution in [3.8, 4) is 0 Å². The van der Waals surface area contributed by atoms with E-state index in [9.17, 15) is 9.59 Å². The Morgan fingerprint density at radius 3 is 2.42 bits per heavy atom. The van der Waals surface area contributed by atoms with E-state index in [1.165, 1.54) is 11.9 Å². The highest BCUT2D eigenvalue weighted by Gasteiger charge is 2.13. The van der Waals surface area contributed by atoms with Crippen LogP contribution in [0, 0.1) is 0 Å². The molecule has 0 aliphatic heterocycles. The molecule has 0 aromatic heterocycles. The number of carboxylic acid groups (broad SMARTS) is 1. The average Bonchev–Trinajstić information content (AvgIpc) is 1.98. The van der Waals surface area contributed by atoms with Gasteiger partial charge >= 0.3 is 5.97 Å². The van der Waals surface area contributed by atoms with Crippen LogP contribution < -0.4 is 5.73 Å². The van der Waals surface area contributed by atoms with Crippen LogP contribution >= 0.6 is 0 Å². The molecule has 70 valence electrons. The molecule has 1 amide bonds. The maximum absolute atomic E-state index is 11.1. The van der Waals surface area contributed by atoms with E-state index in [0.29, 0.717) is 0 Å². The van der Waals surface area contributed by atoms with Gasteiger partial charge in [-0.3, -0.25) is 9.59 Å². The van der Waals surface area contributed by atoms with Crippen LogP contribution in [0.1, 0.15) is 13.3 Å². The first-order valence-electron chi connectivity index (χ1n) is 3.67. The smallest absolute Gasteiger partial charge is 0.305 e. The number of nitrogens with two attached hydrogens (primary N) is 1. The molecule has 0 spiro atoms. The summed E-state index contributed by atoms with van der Waals surface area (Å²) in [5, 5.41) is 8.31. The molecule has 0 aliphatic carbocycles. The lowest BCUT2D eigenvalue weighted by molar-refractivity contribution is -0.138. The van der Waals surface area contributed by atoms with Gasteiger partial charge in [-0.05, 0) is 6.92 Å². The first-order valence-corrected chi connectivity index (χ1v) is 3.67. The van der Waals surface area contributed by atoms with Gasteiger partial charge in [-0.25, -0.2) is 0 Å². The lowest BCUT2D eigenvalue weighted by atomic mass is 10.3. The van der Waals surface area contributed by atoms with Crippen molar-refractivity contribution >= 4 is 11.9 Å². The number of carbonyl (C=O) groups is 2. The van der Waals surface area contributed by atoms with Crippen molar-refractivity contribution < 1.29 is 14.7 Å². The predicted molar refractivity (Wildman–Crippen MR) is 43.5 cm³/mol. The number of carbonyl (C=O) groups excluding carboxylic acids is 1. The Morgan fingerprint density at radius 2 is 2.08 bits per heavy atom. The van der Waals surface area contributed by atoms with Crippen LogP contribution in [0.3, 0.4) is 0 Å². The summed E-state index contributed by atoms with van der Waals surface area (Å²) in [7, 11) is 1.54. The molecular formula is C7H14N2O3. The van der Waals surface area contributed by atoms with Crippen LogP contribution in [0.15, 0.2) is 0 Å². The summed E-state index contributed by atoms with van der Waals surface area (Å²) in [6.07, 6.45) is -0.0467. The first-order chi connectivity index (χ1) is 5.45. The Morgan fingerprint density at radius 1 is 1.58 bits per heavy atom. The molecule has 0 aromatic carbocycles. The minimum Gasteiger partial charge on any atom is -0.481 e. The van der Waals surface area contributed by atoms with E-state index in [1.54, 1.807) is 6.92 Å². The molecule has 0 unspecified atom stereocenters. The van der Waals surface area contributed by atoms with E-state index in [4.69, 9.17) is 10.8 Å². The standard InChI is InChI=1S/C7H14N2O3/c1-5(8)7(12)9(2)4-3-6(10)11/h5H,3-4,8H2,1-2H3,(H,10,11)/t5-/m1/s1. The van der Waals surface area contributed by atoms with Gasteiger partial charge < -0.3 is 15.7 Å². The van der Waals surface area contributed by atoms with Crippen LogP contribution in [0.5, 0.6) is 0 Å². The van der Waals surface area contributed by atoms with Gasteiger partial charge in [0, 0.05) is 13.6 Å². The fourth-order valence-corrected chi connectivity index (χ4v) is 0.721. The number of amides is 1. The SMILES string of the molecule is C[C@@H](N)C(=O)N(C)CCC(=O)O. The van der Waals surface area contributed by atoms with E-state index in [-0.39, 0.29) is 18.9 Å². The summed E-state index contributed by atoms with van der Waals surface area (Å²) in [6.45, 7) is 1.77. The fourth-order valence-electron chi connectivity index (χ4n) is 0.721. The Hall–Kier alpha value is -1.10. The van der Waals surface area contributed by atoms with E-state index in [0.717, 1.165) is 0 Å². The molecular weight excluding hydrogens is 160 g/mol. The zero-order valence-electron chi connectivity index (χ0n) is 7.28. The van der Waals surface area contributed by atoms with Gasteiger partial charge in [0.25, 0.3) is 0 Å². The molecule has 1 atom stereocenters. The highest BCUT2D eigenvalue weighted by Crippen LogP contribution is 1.91. The minimum atomic E-state index is -0.917. The summed E-state index contributed by atoms with van der Waals surface area (Å²) < 4.78 is 0. The number of likely N-dealkylation sites (N-methyl/N-ethyl adjacent to an activating group) is 1. The molecule has 0 heterocycles. The third kappa shape index (κ3) is 3.92. The highest BCUT2D eigenvalue weighted by atomic mass is 16.4. The lowest BCUT2D eigenvalue weighted by Crippen LogP contribution is -2.40. The molecule has 0 radical (unpaired) electrons. The molecule has 12 heavy (non-hydrogen) atoms. The monoisotopic (exact) mass is 174 g/mol. The average molecular weight is 174 g/mol. The molecule has 5 heteroatoms. The van der Waals surface area contributed by atoms with Crippen LogP contribution in [-0.2, 0) is 9.59 Å². The number of hydrogen-bond acceptors (Lipinski definition) is 3. The Balaban J connectivity index is 3.79. The van der Waals surface area contributed by atoms with Gasteiger partial charge in [0.15, 0.2) is 0 Å². The third-order valence-corrected chi connectivity index (χ3v) is 1.43. The maximum Gasteiger partial charge on any atom is 0.305 e. The summed E-state index contributed by atoms with van der Waals surface area (Å²) in [6, 6.07) is -0.566. The normalized spacial score (nSPS) is 12.2. The Labute approximate surface area is 71.1 Å². The van der Waals surface area contributed by atoms with E-state index in [2.05, 4.69) is 0 Å². The molecule has 0 aromatic rings. The van der Waals surface area contributed by atoms with Crippen LogP contribution in [-0.4, -0.2) is 41.5 Å². The molecule has 3 N–H and O–H groups in total. The largest absolute Gasteiger partial charge is 0.481 e. The third-order valence-electron chi connectivity index (χ3n) is 1.43. The number of carboxylic acids is 1. The van der Waals surface area contributed by atoms with Crippen molar-refractivity contribution in [3.05, 3.63) is 0 Å². The van der Waals surface area contributed by atoms with Crippen molar-refractivity contribution in [2.24, 2.45) is 5.73 Å². The number of aliphatic carboxylic acids is 1. The van der Waals surface area contributed by atoms with Gasteiger partial charge in [0.1, 0.15) is 0 Å². The molecule has 0 aliphatic rings. The molecule has 0 saturated heterocycles. The lowest BCUT2D eigenvalue weighted by Gasteiger charge is -2.17. The number of nitrogens with zero attached hydrogens (tertiary/aromatic N) is 1. The van der Waals surface area contributed by atoms with Crippen molar-refractivity contribution in [3.63, 3.8) is 0 Å². The molecule has 0 saturated carbocycles. The highest BCUT2D eigenvalue weighted by molar-refractivity contribution is 5.81. The summed E-state index contributed by atoms with van der Waals surface area (Å²) >= 11 is 0. The number of hydrogen-bond donors (Lipinski definition) is 2. The quantitative estimate of drug-likeness (QED) is 0.588. The van der Waals surface area contributed by atoms with E-state index < -0.39 is 12.0 Å². The van der Waals surface area contributed by atoms with Crippen LogP contribution in [0.2, 0.25) is 0 Å². The zero-order valence-corrected chi connectivity index (χ0v) is 7.28. The van der Waals surface area contributed by atoms with Gasteiger partial charge in [-0.15, -0.1) is 0 Å². The van der Waals surface area contributed by atoms with Crippen molar-refractivity contribution in [2.45, 2.75) is 19.4 Å². The summed E-state index contributed by atoms with van der Waals surface area (Å²) in [5.41, 5.74) is 5.30. The van der Waals surface area contributed by atoms with E-state index >= 15 is 0 Å². The van der Waals surface area contributed by atoms with Crippen molar-refractivity contribution in [1.82, 2.24) is 4.90 Å². The number of rotatable bonds is 4.